The summed E-state index contributed by atoms with van der Waals surface area (Å²) in [5.41, 5.74) is 7.40. The standard InChI is InChI=1S/C11H19N3/c1-7(9-4-5-9)11(12)10-6-13-8(2)14(10)3/h6-7,9,11H,4-5,12H2,1-3H3. The zero-order valence-corrected chi connectivity index (χ0v) is 9.20. The maximum absolute atomic E-state index is 6.23. The first-order chi connectivity index (χ1) is 6.61. The van der Waals surface area contributed by atoms with Crippen LogP contribution in [0.3, 0.4) is 0 Å². The molecule has 1 aliphatic carbocycles. The summed E-state index contributed by atoms with van der Waals surface area (Å²) in [4.78, 5) is 4.28. The Bertz CT molecular complexity index is 325. The minimum absolute atomic E-state index is 0.147. The minimum Gasteiger partial charge on any atom is -0.334 e. The van der Waals surface area contributed by atoms with Gasteiger partial charge in [0.2, 0.25) is 0 Å². The van der Waals surface area contributed by atoms with E-state index in [4.69, 9.17) is 5.73 Å². The maximum Gasteiger partial charge on any atom is 0.105 e. The van der Waals surface area contributed by atoms with Crippen molar-refractivity contribution in [3.63, 3.8) is 0 Å². The SMILES string of the molecule is Cc1ncc(C(N)C(C)C2CC2)n1C. The Morgan fingerprint density at radius 3 is 2.64 bits per heavy atom. The van der Waals surface area contributed by atoms with E-state index in [0.717, 1.165) is 11.7 Å². The lowest BCUT2D eigenvalue weighted by Crippen LogP contribution is -2.23. The Balaban J connectivity index is 2.17. The van der Waals surface area contributed by atoms with Gasteiger partial charge in [0.15, 0.2) is 0 Å². The number of nitrogens with two attached hydrogens (primary N) is 1. The number of aromatic nitrogens is 2. The first kappa shape index (κ1) is 9.71. The van der Waals surface area contributed by atoms with Gasteiger partial charge < -0.3 is 10.3 Å². The molecule has 0 bridgehead atoms. The van der Waals surface area contributed by atoms with Crippen LogP contribution in [0.25, 0.3) is 0 Å². The lowest BCUT2D eigenvalue weighted by atomic mass is 9.95. The van der Waals surface area contributed by atoms with Crippen molar-refractivity contribution in [3.05, 3.63) is 17.7 Å². The number of imidazole rings is 1. The number of nitrogens with zero attached hydrogens (tertiary/aromatic N) is 2. The van der Waals surface area contributed by atoms with E-state index in [-0.39, 0.29) is 6.04 Å². The average molecular weight is 193 g/mol. The summed E-state index contributed by atoms with van der Waals surface area (Å²) >= 11 is 0. The smallest absolute Gasteiger partial charge is 0.105 e. The molecule has 2 N–H and O–H groups in total. The van der Waals surface area contributed by atoms with Gasteiger partial charge in [0.1, 0.15) is 5.82 Å². The molecule has 0 aliphatic heterocycles. The van der Waals surface area contributed by atoms with Crippen LogP contribution < -0.4 is 5.73 Å². The van der Waals surface area contributed by atoms with Gasteiger partial charge in [-0.05, 0) is 31.6 Å². The summed E-state index contributed by atoms with van der Waals surface area (Å²) in [6.07, 6.45) is 4.62. The number of rotatable bonds is 3. The van der Waals surface area contributed by atoms with E-state index in [2.05, 4.69) is 16.5 Å². The van der Waals surface area contributed by atoms with Gasteiger partial charge in [-0.1, -0.05) is 6.92 Å². The molecule has 14 heavy (non-hydrogen) atoms. The van der Waals surface area contributed by atoms with Crippen molar-refractivity contribution >= 4 is 0 Å². The molecule has 1 aromatic heterocycles. The zero-order chi connectivity index (χ0) is 10.3. The van der Waals surface area contributed by atoms with E-state index >= 15 is 0 Å². The molecule has 1 saturated carbocycles. The molecule has 2 atom stereocenters. The lowest BCUT2D eigenvalue weighted by Gasteiger charge is -2.19. The van der Waals surface area contributed by atoms with Crippen molar-refractivity contribution < 1.29 is 0 Å². The fraction of sp³-hybridized carbons (Fsp3) is 0.727. The molecule has 2 rings (SSSR count). The third-order valence-corrected chi connectivity index (χ3v) is 3.53. The van der Waals surface area contributed by atoms with Gasteiger partial charge in [-0.3, -0.25) is 0 Å². The first-order valence-electron chi connectivity index (χ1n) is 5.35. The van der Waals surface area contributed by atoms with Crippen LogP contribution in [0.2, 0.25) is 0 Å². The monoisotopic (exact) mass is 193 g/mol. The minimum atomic E-state index is 0.147. The summed E-state index contributed by atoms with van der Waals surface area (Å²) in [5.74, 6) is 2.48. The quantitative estimate of drug-likeness (QED) is 0.795. The predicted octanol–water partition coefficient (Wildman–Crippen LogP) is 1.77. The molecule has 2 unspecified atom stereocenters. The van der Waals surface area contributed by atoms with Crippen LogP contribution in [-0.2, 0) is 7.05 Å². The van der Waals surface area contributed by atoms with Crippen molar-refractivity contribution in [2.75, 3.05) is 0 Å². The fourth-order valence-electron chi connectivity index (χ4n) is 2.01. The topological polar surface area (TPSA) is 43.8 Å². The molecule has 0 aromatic carbocycles. The van der Waals surface area contributed by atoms with Crippen LogP contribution in [0.5, 0.6) is 0 Å². The normalized spacial score (nSPS) is 20.9. The maximum atomic E-state index is 6.23. The Morgan fingerprint density at radius 1 is 1.57 bits per heavy atom. The summed E-state index contributed by atoms with van der Waals surface area (Å²) in [6, 6.07) is 0.147. The van der Waals surface area contributed by atoms with E-state index in [1.165, 1.54) is 18.5 Å². The largest absolute Gasteiger partial charge is 0.334 e. The van der Waals surface area contributed by atoms with E-state index in [9.17, 15) is 0 Å². The fourth-order valence-corrected chi connectivity index (χ4v) is 2.01. The molecule has 0 amide bonds. The molecular weight excluding hydrogens is 174 g/mol. The highest BCUT2D eigenvalue weighted by Crippen LogP contribution is 2.41. The molecule has 0 saturated heterocycles. The van der Waals surface area contributed by atoms with E-state index < -0.39 is 0 Å². The molecule has 1 aromatic rings. The zero-order valence-electron chi connectivity index (χ0n) is 9.20. The number of hydrogen-bond acceptors (Lipinski definition) is 2. The van der Waals surface area contributed by atoms with Gasteiger partial charge >= 0.3 is 0 Å². The van der Waals surface area contributed by atoms with Crippen molar-refractivity contribution in [1.82, 2.24) is 9.55 Å². The molecule has 1 fully saturated rings. The highest BCUT2D eigenvalue weighted by molar-refractivity contribution is 5.10. The highest BCUT2D eigenvalue weighted by Gasteiger charge is 2.33. The van der Waals surface area contributed by atoms with Gasteiger partial charge in [0, 0.05) is 13.1 Å². The summed E-state index contributed by atoms with van der Waals surface area (Å²) in [7, 11) is 2.04. The van der Waals surface area contributed by atoms with Gasteiger partial charge in [0.25, 0.3) is 0 Å². The van der Waals surface area contributed by atoms with Gasteiger partial charge in [-0.15, -0.1) is 0 Å². The molecule has 3 heteroatoms. The van der Waals surface area contributed by atoms with Crippen molar-refractivity contribution in [1.29, 1.82) is 0 Å². The van der Waals surface area contributed by atoms with Crippen molar-refractivity contribution in [2.24, 2.45) is 24.6 Å². The van der Waals surface area contributed by atoms with Crippen LogP contribution in [0, 0.1) is 18.8 Å². The van der Waals surface area contributed by atoms with Crippen molar-refractivity contribution in [3.8, 4) is 0 Å². The second-order valence-electron chi connectivity index (χ2n) is 4.51. The highest BCUT2D eigenvalue weighted by atomic mass is 15.1. The van der Waals surface area contributed by atoms with Crippen LogP contribution in [-0.4, -0.2) is 9.55 Å². The van der Waals surface area contributed by atoms with Crippen LogP contribution in [0.15, 0.2) is 6.20 Å². The molecule has 0 radical (unpaired) electrons. The Hall–Kier alpha value is -0.830. The third kappa shape index (κ3) is 1.57. The molecule has 0 spiro atoms. The van der Waals surface area contributed by atoms with Crippen molar-refractivity contribution in [2.45, 2.75) is 32.7 Å². The second-order valence-corrected chi connectivity index (χ2v) is 4.51. The van der Waals surface area contributed by atoms with E-state index in [0.29, 0.717) is 5.92 Å². The predicted molar refractivity (Wildman–Crippen MR) is 56.8 cm³/mol. The third-order valence-electron chi connectivity index (χ3n) is 3.53. The Labute approximate surface area is 85.3 Å². The molecule has 1 heterocycles. The number of aryl methyl sites for hydroxylation is 1. The van der Waals surface area contributed by atoms with Gasteiger partial charge in [-0.2, -0.15) is 0 Å². The summed E-state index contributed by atoms with van der Waals surface area (Å²) < 4.78 is 2.10. The molecule has 78 valence electrons. The van der Waals surface area contributed by atoms with E-state index in [1.54, 1.807) is 0 Å². The average Bonchev–Trinajstić information content (AvgIpc) is 2.95. The van der Waals surface area contributed by atoms with Crippen LogP contribution in [0.1, 0.15) is 37.3 Å². The van der Waals surface area contributed by atoms with Crippen LogP contribution in [0.4, 0.5) is 0 Å². The van der Waals surface area contributed by atoms with E-state index in [1.807, 2.05) is 20.2 Å². The molecule has 3 nitrogen and oxygen atoms in total. The van der Waals surface area contributed by atoms with Gasteiger partial charge in [-0.25, -0.2) is 4.98 Å². The summed E-state index contributed by atoms with van der Waals surface area (Å²) in [5, 5.41) is 0. The molecular formula is C11H19N3. The Morgan fingerprint density at radius 2 is 2.21 bits per heavy atom. The second kappa shape index (κ2) is 3.39. The Kier molecular flexibility index (Phi) is 2.35. The summed E-state index contributed by atoms with van der Waals surface area (Å²) in [6.45, 7) is 4.27. The molecule has 1 aliphatic rings. The number of hydrogen-bond donors (Lipinski definition) is 1. The van der Waals surface area contributed by atoms with Gasteiger partial charge in [0.05, 0.1) is 11.9 Å². The lowest BCUT2D eigenvalue weighted by molar-refractivity contribution is 0.402. The first-order valence-corrected chi connectivity index (χ1v) is 5.35. The van der Waals surface area contributed by atoms with Crippen LogP contribution >= 0.6 is 0 Å².